The Labute approximate surface area is 389 Å². The number of likely N-dealkylation sites (tertiary alicyclic amines) is 1. The summed E-state index contributed by atoms with van der Waals surface area (Å²) >= 11 is 0. The average molecular weight is 934 g/mol. The number of hydrogen-bond donors (Lipinski definition) is 5. The van der Waals surface area contributed by atoms with Crippen LogP contribution in [0.5, 0.6) is 17.2 Å². The molecule has 4 fully saturated rings. The number of pyridine rings is 1. The number of H-pyrrole nitrogens is 2. The number of benzene rings is 3. The maximum atomic E-state index is 14.1. The van der Waals surface area contributed by atoms with Crippen molar-refractivity contribution in [2.24, 2.45) is 11.3 Å². The number of aromatic nitrogens is 2. The molecule has 0 radical (unpaired) electrons. The Balaban J connectivity index is 0.867. The zero-order valence-electron chi connectivity index (χ0n) is 38.2. The van der Waals surface area contributed by atoms with Gasteiger partial charge in [0.05, 0.1) is 27.0 Å². The number of ether oxygens (including phenoxy) is 2. The number of anilines is 2. The molecular weight excluding hydrogens is 875 g/mol. The van der Waals surface area contributed by atoms with Crippen LogP contribution in [0.15, 0.2) is 82.6 Å². The number of aromatic amines is 2. The topological polar surface area (TPSA) is 212 Å². The fourth-order valence-electron chi connectivity index (χ4n) is 11.6. The summed E-state index contributed by atoms with van der Waals surface area (Å²) < 4.78 is 42.2. The van der Waals surface area contributed by atoms with Gasteiger partial charge in [-0.2, -0.15) is 0 Å². The van der Waals surface area contributed by atoms with Gasteiger partial charge in [-0.3, -0.25) is 24.6 Å². The van der Waals surface area contributed by atoms with Crippen molar-refractivity contribution in [3.8, 4) is 17.2 Å². The highest BCUT2D eigenvalue weighted by Gasteiger charge is 2.50. The summed E-state index contributed by atoms with van der Waals surface area (Å²) in [7, 11) is -4.72. The van der Waals surface area contributed by atoms with Gasteiger partial charge in [0.1, 0.15) is 18.0 Å². The SMILES string of the molecule is CC(C)c1ccccc1[C@@H]1CCCN1C1CC2(CCN(c3ccc(C(=O)NS(=O)(=O)c4cc5c(c([N+](=O)[O-])c4)N[C@@H](C4CCC(C)(O)CC4)CO5)c(Oc4cc5cc[nH]c5[nH]c4=O)c3)CC2)C1. The minimum Gasteiger partial charge on any atom is -0.489 e. The van der Waals surface area contributed by atoms with Gasteiger partial charge in [-0.05, 0) is 130 Å². The third-order valence-corrected chi connectivity index (χ3v) is 16.7. The molecule has 354 valence electrons. The molecule has 0 unspecified atom stereocenters. The molecule has 5 aromatic rings. The molecule has 5 N–H and O–H groups in total. The van der Waals surface area contributed by atoms with Crippen molar-refractivity contribution in [3.63, 3.8) is 0 Å². The summed E-state index contributed by atoms with van der Waals surface area (Å²) in [6.07, 6.45) is 11.0. The normalized spacial score (nSPS) is 24.2. The van der Waals surface area contributed by atoms with Gasteiger partial charge in [-0.1, -0.05) is 38.1 Å². The van der Waals surface area contributed by atoms with Crippen molar-refractivity contribution in [1.82, 2.24) is 19.6 Å². The first-order valence-corrected chi connectivity index (χ1v) is 25.2. The first-order valence-electron chi connectivity index (χ1n) is 23.7. The van der Waals surface area contributed by atoms with Gasteiger partial charge >= 0.3 is 0 Å². The molecule has 3 aliphatic heterocycles. The first kappa shape index (κ1) is 44.9. The predicted molar refractivity (Wildman–Crippen MR) is 255 cm³/mol. The van der Waals surface area contributed by atoms with Crippen molar-refractivity contribution >= 4 is 44.0 Å². The maximum Gasteiger partial charge on any atom is 0.297 e. The molecule has 5 aliphatic rings. The smallest absolute Gasteiger partial charge is 0.297 e. The largest absolute Gasteiger partial charge is 0.489 e. The van der Waals surface area contributed by atoms with Gasteiger partial charge in [-0.25, -0.2) is 13.1 Å². The quantitative estimate of drug-likeness (QED) is 0.0623. The van der Waals surface area contributed by atoms with Crippen LogP contribution in [0, 0.1) is 21.4 Å². The van der Waals surface area contributed by atoms with E-state index in [1.807, 2.05) is 0 Å². The molecule has 2 saturated carbocycles. The van der Waals surface area contributed by atoms with Crippen LogP contribution in [0.1, 0.15) is 118 Å². The Morgan fingerprint density at radius 1 is 0.985 bits per heavy atom. The number of carbonyl (C=O) groups is 1. The van der Waals surface area contributed by atoms with Gasteiger partial charge in [0.2, 0.25) is 0 Å². The Kier molecular flexibility index (Phi) is 11.6. The number of piperidine rings is 1. The number of carbonyl (C=O) groups excluding carboxylic acids is 1. The number of fused-ring (bicyclic) bond motifs is 2. The summed E-state index contributed by atoms with van der Waals surface area (Å²) in [4.78, 5) is 49.2. The molecule has 1 spiro atoms. The summed E-state index contributed by atoms with van der Waals surface area (Å²) in [5.74, 6) is -0.640. The van der Waals surface area contributed by atoms with Crippen LogP contribution >= 0.6 is 0 Å². The number of nitro groups is 1. The van der Waals surface area contributed by atoms with Gasteiger partial charge in [-0.15, -0.1) is 0 Å². The Morgan fingerprint density at radius 2 is 1.75 bits per heavy atom. The zero-order valence-corrected chi connectivity index (χ0v) is 39.0. The molecule has 2 saturated heterocycles. The van der Waals surface area contributed by atoms with E-state index in [2.05, 4.69) is 67.9 Å². The lowest BCUT2D eigenvalue weighted by Gasteiger charge is -2.56. The summed E-state index contributed by atoms with van der Waals surface area (Å²) in [5, 5.41) is 26.7. The highest BCUT2D eigenvalue weighted by Crippen LogP contribution is 2.54. The molecule has 17 heteroatoms. The van der Waals surface area contributed by atoms with Crippen molar-refractivity contribution in [3.05, 3.63) is 110 Å². The van der Waals surface area contributed by atoms with E-state index < -0.39 is 42.6 Å². The molecule has 2 atom stereocenters. The van der Waals surface area contributed by atoms with E-state index in [1.165, 1.54) is 36.1 Å². The van der Waals surface area contributed by atoms with E-state index >= 15 is 0 Å². The van der Waals surface area contributed by atoms with Crippen LogP contribution in [-0.2, 0) is 10.0 Å². The molecule has 5 heterocycles. The van der Waals surface area contributed by atoms with Gasteiger partial charge < -0.3 is 34.8 Å². The lowest BCUT2D eigenvalue weighted by atomic mass is 9.59. The third kappa shape index (κ3) is 8.77. The second-order valence-electron chi connectivity index (χ2n) is 20.2. The minimum absolute atomic E-state index is 0.0257. The molecule has 0 bridgehead atoms. The molecule has 10 rings (SSSR count). The van der Waals surface area contributed by atoms with Crippen LogP contribution in [0.2, 0.25) is 0 Å². The molecule has 2 aliphatic carbocycles. The fourth-order valence-corrected chi connectivity index (χ4v) is 12.6. The van der Waals surface area contributed by atoms with Crippen LogP contribution in [0.3, 0.4) is 0 Å². The van der Waals surface area contributed by atoms with E-state index in [4.69, 9.17) is 9.47 Å². The number of rotatable bonds is 11. The second-order valence-corrected chi connectivity index (χ2v) is 21.9. The Morgan fingerprint density at radius 3 is 2.49 bits per heavy atom. The molecular formula is C50H59N7O9S. The summed E-state index contributed by atoms with van der Waals surface area (Å²) in [6, 6.07) is 19.9. The number of sulfonamides is 1. The fraction of sp³-hybridized carbons (Fsp3) is 0.480. The Hall–Kier alpha value is -5.91. The molecule has 2 aromatic heterocycles. The highest BCUT2D eigenvalue weighted by atomic mass is 32.2. The summed E-state index contributed by atoms with van der Waals surface area (Å²) in [5.41, 5.74) is 2.50. The first-order chi connectivity index (χ1) is 32.1. The predicted octanol–water partition coefficient (Wildman–Crippen LogP) is 8.50. The van der Waals surface area contributed by atoms with Crippen molar-refractivity contribution in [2.45, 2.75) is 120 Å². The van der Waals surface area contributed by atoms with Crippen molar-refractivity contribution < 1.29 is 32.7 Å². The van der Waals surface area contributed by atoms with Gasteiger partial charge in [0.25, 0.3) is 27.2 Å². The third-order valence-electron chi connectivity index (χ3n) is 15.4. The second kappa shape index (κ2) is 17.3. The lowest BCUT2D eigenvalue weighted by Crippen LogP contribution is -2.55. The van der Waals surface area contributed by atoms with E-state index in [9.17, 15) is 33.2 Å². The number of amides is 1. The maximum absolute atomic E-state index is 14.1. The van der Waals surface area contributed by atoms with Crippen LogP contribution in [-0.4, -0.2) is 83.1 Å². The van der Waals surface area contributed by atoms with Crippen molar-refractivity contribution in [1.29, 1.82) is 0 Å². The van der Waals surface area contributed by atoms with Gasteiger partial charge in [0, 0.05) is 60.6 Å². The van der Waals surface area contributed by atoms with Crippen molar-refractivity contribution in [2.75, 3.05) is 36.5 Å². The standard InChI is InChI=1S/C50H59N7O9S/c1-30(2)36-7-4-5-8-37(36)40-9-6-20-56(40)34-27-50(28-34)17-21-55(22-18-50)33-10-11-38(42(24-33)66-44-23-32-14-19-51-46(32)53-48(44)59)47(58)54-67(63,64)35-25-41(57(61)62)45-43(26-35)65-29-39(52-45)31-12-15-49(3,60)16-13-31/h4-5,7-8,10-11,14,19,23-26,30-31,34,39-40,52,60H,6,9,12-13,15-18,20-22,27-29H2,1-3H3,(H,54,58)(H2,51,53,59)/t31?,39-,40+,49?/m1/s1. The van der Waals surface area contributed by atoms with Gasteiger partial charge in [0.15, 0.2) is 17.2 Å². The number of hydrogen-bond acceptors (Lipinski definition) is 12. The van der Waals surface area contributed by atoms with E-state index in [0.29, 0.717) is 54.7 Å². The Bertz CT molecular complexity index is 2890. The lowest BCUT2D eigenvalue weighted by molar-refractivity contribution is -0.384. The van der Waals surface area contributed by atoms with E-state index in [0.717, 1.165) is 57.1 Å². The molecule has 16 nitrogen and oxygen atoms in total. The number of nitro benzene ring substituents is 1. The molecule has 67 heavy (non-hydrogen) atoms. The van der Waals surface area contributed by atoms with E-state index in [-0.39, 0.29) is 52.5 Å². The number of nitrogens with one attached hydrogen (secondary N) is 4. The monoisotopic (exact) mass is 933 g/mol. The van der Waals surface area contributed by atoms with E-state index in [1.54, 1.807) is 37.4 Å². The molecule has 3 aromatic carbocycles. The minimum atomic E-state index is -4.72. The van der Waals surface area contributed by atoms with Crippen LogP contribution in [0.25, 0.3) is 11.0 Å². The number of aliphatic hydroxyl groups is 1. The molecule has 1 amide bonds. The highest BCUT2D eigenvalue weighted by molar-refractivity contribution is 7.90. The zero-order chi connectivity index (χ0) is 46.8. The summed E-state index contributed by atoms with van der Waals surface area (Å²) in [6.45, 7) is 9.17. The number of nitrogens with zero attached hydrogens (tertiary/aromatic N) is 3. The average Bonchev–Trinajstić information content (AvgIpc) is 3.97. The van der Waals surface area contributed by atoms with Crippen LogP contribution in [0.4, 0.5) is 17.1 Å². The van der Waals surface area contributed by atoms with Crippen LogP contribution < -0.4 is 30.0 Å².